The standard InChI is InChI=1S/C30H43N3O/c1-2-3-4-5-6-7-8-9-10-11-12-13-14-15-16-21-28(34)33-27-24-25-19-17-22-31-29(25)30-26(27)20-18-23-32-30/h17-20,22-24H,2-16,21H2,1H3,(H,33,34). The zero-order valence-electron chi connectivity index (χ0n) is 21.2. The van der Waals surface area contributed by atoms with Crippen molar-refractivity contribution < 1.29 is 4.79 Å². The van der Waals surface area contributed by atoms with E-state index < -0.39 is 0 Å². The maximum Gasteiger partial charge on any atom is 0.224 e. The van der Waals surface area contributed by atoms with Crippen molar-refractivity contribution in [2.45, 2.75) is 110 Å². The molecule has 0 atom stereocenters. The van der Waals surface area contributed by atoms with Crippen molar-refractivity contribution >= 4 is 33.4 Å². The van der Waals surface area contributed by atoms with E-state index in [0.717, 1.165) is 40.3 Å². The zero-order valence-corrected chi connectivity index (χ0v) is 21.2. The Bertz CT molecular complexity index is 1000. The summed E-state index contributed by atoms with van der Waals surface area (Å²) in [6.07, 6.45) is 24.1. The van der Waals surface area contributed by atoms with E-state index in [1.807, 2.05) is 30.3 Å². The van der Waals surface area contributed by atoms with E-state index in [1.165, 1.54) is 83.5 Å². The van der Waals surface area contributed by atoms with E-state index in [-0.39, 0.29) is 5.91 Å². The van der Waals surface area contributed by atoms with E-state index >= 15 is 0 Å². The number of carbonyl (C=O) groups excluding carboxylic acids is 1. The first-order valence-corrected chi connectivity index (χ1v) is 13.7. The van der Waals surface area contributed by atoms with Crippen molar-refractivity contribution in [2.24, 2.45) is 0 Å². The molecule has 0 aliphatic carbocycles. The van der Waals surface area contributed by atoms with Crippen molar-refractivity contribution in [3.05, 3.63) is 42.7 Å². The summed E-state index contributed by atoms with van der Waals surface area (Å²) in [5, 5.41) is 5.06. The second-order valence-electron chi connectivity index (χ2n) is 9.65. The van der Waals surface area contributed by atoms with Gasteiger partial charge in [0, 0.05) is 29.6 Å². The first-order chi connectivity index (χ1) is 16.8. The molecule has 3 rings (SSSR count). The molecule has 1 amide bonds. The number of benzene rings is 1. The van der Waals surface area contributed by atoms with Crippen LogP contribution in [0.3, 0.4) is 0 Å². The Balaban J connectivity index is 1.26. The number of amides is 1. The van der Waals surface area contributed by atoms with E-state index in [1.54, 1.807) is 12.4 Å². The van der Waals surface area contributed by atoms with Crippen LogP contribution in [0.2, 0.25) is 0 Å². The number of nitrogens with zero attached hydrogens (tertiary/aromatic N) is 2. The van der Waals surface area contributed by atoms with Gasteiger partial charge in [-0.15, -0.1) is 0 Å². The maximum atomic E-state index is 12.6. The summed E-state index contributed by atoms with van der Waals surface area (Å²) in [5.41, 5.74) is 2.54. The molecule has 184 valence electrons. The van der Waals surface area contributed by atoms with Crippen LogP contribution < -0.4 is 5.32 Å². The molecule has 34 heavy (non-hydrogen) atoms. The van der Waals surface area contributed by atoms with Crippen LogP contribution in [0.1, 0.15) is 110 Å². The highest BCUT2D eigenvalue weighted by molar-refractivity contribution is 6.11. The number of rotatable bonds is 17. The zero-order chi connectivity index (χ0) is 23.8. The Hall–Kier alpha value is -2.49. The minimum absolute atomic E-state index is 0.0862. The summed E-state index contributed by atoms with van der Waals surface area (Å²) in [6, 6.07) is 9.84. The fourth-order valence-electron chi connectivity index (χ4n) is 4.75. The normalized spacial score (nSPS) is 11.3. The molecular formula is C30H43N3O. The average Bonchev–Trinajstić information content (AvgIpc) is 2.86. The lowest BCUT2D eigenvalue weighted by atomic mass is 10.0. The molecule has 0 unspecified atom stereocenters. The smallest absolute Gasteiger partial charge is 0.224 e. The molecule has 4 heteroatoms. The van der Waals surface area contributed by atoms with Gasteiger partial charge in [0.2, 0.25) is 5.91 Å². The average molecular weight is 462 g/mol. The second kappa shape index (κ2) is 15.4. The number of hydrogen-bond donors (Lipinski definition) is 1. The molecule has 2 heterocycles. The van der Waals surface area contributed by atoms with Gasteiger partial charge >= 0.3 is 0 Å². The predicted octanol–water partition coefficient (Wildman–Crippen LogP) is 8.98. The van der Waals surface area contributed by atoms with Gasteiger partial charge in [0.25, 0.3) is 0 Å². The Kier molecular flexibility index (Phi) is 11.8. The Labute approximate surface area is 206 Å². The summed E-state index contributed by atoms with van der Waals surface area (Å²) in [6.45, 7) is 2.28. The van der Waals surface area contributed by atoms with Crippen LogP contribution in [0.15, 0.2) is 42.7 Å². The fourth-order valence-corrected chi connectivity index (χ4v) is 4.75. The van der Waals surface area contributed by atoms with Crippen LogP contribution in [0.25, 0.3) is 21.8 Å². The number of nitrogens with one attached hydrogen (secondary N) is 1. The van der Waals surface area contributed by atoms with E-state index in [4.69, 9.17) is 0 Å². The van der Waals surface area contributed by atoms with E-state index in [0.29, 0.717) is 6.42 Å². The highest BCUT2D eigenvalue weighted by atomic mass is 16.1. The molecule has 0 bridgehead atoms. The molecule has 4 nitrogen and oxygen atoms in total. The third kappa shape index (κ3) is 8.70. The summed E-state index contributed by atoms with van der Waals surface area (Å²) < 4.78 is 0. The number of anilines is 1. The summed E-state index contributed by atoms with van der Waals surface area (Å²) in [7, 11) is 0. The highest BCUT2D eigenvalue weighted by Gasteiger charge is 2.10. The summed E-state index contributed by atoms with van der Waals surface area (Å²) in [5.74, 6) is 0.0862. The van der Waals surface area contributed by atoms with Crippen molar-refractivity contribution in [1.29, 1.82) is 0 Å². The van der Waals surface area contributed by atoms with E-state index in [2.05, 4.69) is 22.2 Å². The molecule has 2 aromatic heterocycles. The number of carbonyl (C=O) groups is 1. The molecule has 0 aliphatic rings. The largest absolute Gasteiger partial charge is 0.325 e. The molecular weight excluding hydrogens is 418 g/mol. The van der Waals surface area contributed by atoms with Gasteiger partial charge in [0.15, 0.2) is 0 Å². The van der Waals surface area contributed by atoms with Crippen LogP contribution in [0, 0.1) is 0 Å². The van der Waals surface area contributed by atoms with Crippen molar-refractivity contribution in [1.82, 2.24) is 9.97 Å². The third-order valence-corrected chi connectivity index (χ3v) is 6.74. The van der Waals surface area contributed by atoms with Gasteiger partial charge in [0.1, 0.15) is 0 Å². The van der Waals surface area contributed by atoms with Crippen LogP contribution in [0.5, 0.6) is 0 Å². The van der Waals surface area contributed by atoms with Crippen molar-refractivity contribution in [3.8, 4) is 0 Å². The first kappa shape index (κ1) is 26.1. The number of fused-ring (bicyclic) bond motifs is 3. The fraction of sp³-hybridized carbons (Fsp3) is 0.567. The summed E-state index contributed by atoms with van der Waals surface area (Å²) in [4.78, 5) is 21.6. The number of unbranched alkanes of at least 4 members (excludes halogenated alkanes) is 14. The molecule has 3 aromatic rings. The molecule has 0 spiro atoms. The van der Waals surface area contributed by atoms with Gasteiger partial charge in [-0.25, -0.2) is 0 Å². The van der Waals surface area contributed by atoms with Gasteiger partial charge in [-0.3, -0.25) is 14.8 Å². The second-order valence-corrected chi connectivity index (χ2v) is 9.65. The summed E-state index contributed by atoms with van der Waals surface area (Å²) >= 11 is 0. The SMILES string of the molecule is CCCCCCCCCCCCCCCCCC(=O)Nc1cc2cccnc2c2ncccc12. The van der Waals surface area contributed by atoms with Crippen molar-refractivity contribution in [2.75, 3.05) is 5.32 Å². The minimum atomic E-state index is 0.0862. The van der Waals surface area contributed by atoms with Gasteiger partial charge in [-0.1, -0.05) is 103 Å². The first-order valence-electron chi connectivity index (χ1n) is 13.7. The monoisotopic (exact) mass is 461 g/mol. The molecule has 1 N–H and O–H groups in total. The lowest BCUT2D eigenvalue weighted by Crippen LogP contribution is -2.11. The Morgan fingerprint density at radius 1 is 0.706 bits per heavy atom. The maximum absolute atomic E-state index is 12.6. The predicted molar refractivity (Wildman–Crippen MR) is 145 cm³/mol. The van der Waals surface area contributed by atoms with Crippen LogP contribution in [-0.4, -0.2) is 15.9 Å². The van der Waals surface area contributed by atoms with Crippen LogP contribution in [0.4, 0.5) is 5.69 Å². The van der Waals surface area contributed by atoms with Gasteiger partial charge in [-0.2, -0.15) is 0 Å². The highest BCUT2D eigenvalue weighted by Crippen LogP contribution is 2.29. The van der Waals surface area contributed by atoms with Crippen LogP contribution in [-0.2, 0) is 4.79 Å². The third-order valence-electron chi connectivity index (χ3n) is 6.74. The lowest BCUT2D eigenvalue weighted by Gasteiger charge is -2.11. The van der Waals surface area contributed by atoms with Gasteiger partial charge in [-0.05, 0) is 30.7 Å². The van der Waals surface area contributed by atoms with E-state index in [9.17, 15) is 4.79 Å². The molecule has 0 aliphatic heterocycles. The lowest BCUT2D eigenvalue weighted by molar-refractivity contribution is -0.116. The molecule has 1 aromatic carbocycles. The quantitative estimate of drug-likeness (QED) is 0.161. The van der Waals surface area contributed by atoms with Crippen molar-refractivity contribution in [3.63, 3.8) is 0 Å². The molecule has 0 radical (unpaired) electrons. The van der Waals surface area contributed by atoms with Crippen LogP contribution >= 0.6 is 0 Å². The van der Waals surface area contributed by atoms with Gasteiger partial charge in [0.05, 0.1) is 16.7 Å². The topological polar surface area (TPSA) is 54.9 Å². The Morgan fingerprint density at radius 2 is 1.24 bits per heavy atom. The molecule has 0 saturated heterocycles. The molecule has 0 saturated carbocycles. The van der Waals surface area contributed by atoms with Gasteiger partial charge < -0.3 is 5.32 Å². The minimum Gasteiger partial charge on any atom is -0.325 e. The Morgan fingerprint density at radius 3 is 1.85 bits per heavy atom. The number of pyridine rings is 2. The number of hydrogen-bond acceptors (Lipinski definition) is 3. The number of aromatic nitrogens is 2. The molecule has 0 fully saturated rings.